The van der Waals surface area contributed by atoms with Gasteiger partial charge in [-0.1, -0.05) is 29.8 Å². The van der Waals surface area contributed by atoms with E-state index in [9.17, 15) is 9.59 Å². The van der Waals surface area contributed by atoms with Crippen molar-refractivity contribution in [1.29, 1.82) is 0 Å². The number of carbonyl (C=O) groups excluding carboxylic acids is 1. The van der Waals surface area contributed by atoms with Crippen LogP contribution in [0, 0.1) is 6.92 Å². The van der Waals surface area contributed by atoms with Crippen LogP contribution in [0.3, 0.4) is 0 Å². The summed E-state index contributed by atoms with van der Waals surface area (Å²) < 4.78 is 2.99. The van der Waals surface area contributed by atoms with Crippen molar-refractivity contribution >= 4 is 33.5 Å². The molecule has 0 unspecified atom stereocenters. The monoisotopic (exact) mass is 380 g/mol. The summed E-state index contributed by atoms with van der Waals surface area (Å²) in [6, 6.07) is 8.06. The Morgan fingerprint density at radius 2 is 2.00 bits per heavy atom. The standard InChI is InChI=1S/C18H16N6O2S/c1-11-3-5-12(6-4-11)13-9-27-17(21-13)22-15(25)8-24-10-20-16-14(24)7-19-18(26)23(16)2/h3-7,9-10H,8H2,1-2H3,(H,21,22,25). The van der Waals surface area contributed by atoms with Gasteiger partial charge < -0.3 is 9.88 Å². The van der Waals surface area contributed by atoms with E-state index in [0.29, 0.717) is 16.3 Å². The summed E-state index contributed by atoms with van der Waals surface area (Å²) in [5, 5.41) is 5.25. The van der Waals surface area contributed by atoms with Crippen molar-refractivity contribution in [3.8, 4) is 11.3 Å². The van der Waals surface area contributed by atoms with Gasteiger partial charge in [-0.25, -0.2) is 14.8 Å². The Labute approximate surface area is 158 Å². The lowest BCUT2D eigenvalue weighted by Gasteiger charge is -2.04. The number of fused-ring (bicyclic) bond motifs is 1. The molecule has 0 aliphatic carbocycles. The predicted octanol–water partition coefficient (Wildman–Crippen LogP) is 2.20. The summed E-state index contributed by atoms with van der Waals surface area (Å²) in [5.41, 5.74) is 3.73. The highest BCUT2D eigenvalue weighted by Crippen LogP contribution is 2.25. The molecule has 136 valence electrons. The van der Waals surface area contributed by atoms with Crippen LogP contribution in [0.25, 0.3) is 22.4 Å². The van der Waals surface area contributed by atoms with E-state index in [-0.39, 0.29) is 18.1 Å². The van der Waals surface area contributed by atoms with Crippen molar-refractivity contribution in [2.75, 3.05) is 5.32 Å². The summed E-state index contributed by atoms with van der Waals surface area (Å²) in [6.07, 6.45) is 2.95. The molecule has 1 N–H and O–H groups in total. The molecule has 1 amide bonds. The molecule has 0 spiro atoms. The van der Waals surface area contributed by atoms with Gasteiger partial charge in [0.2, 0.25) is 5.91 Å². The minimum absolute atomic E-state index is 0.0514. The fourth-order valence-electron chi connectivity index (χ4n) is 2.69. The number of anilines is 1. The molecule has 4 rings (SSSR count). The maximum Gasteiger partial charge on any atom is 0.349 e. The quantitative estimate of drug-likeness (QED) is 0.586. The van der Waals surface area contributed by atoms with E-state index in [2.05, 4.69) is 20.3 Å². The van der Waals surface area contributed by atoms with E-state index in [0.717, 1.165) is 11.3 Å². The summed E-state index contributed by atoms with van der Waals surface area (Å²) in [7, 11) is 1.59. The largest absolute Gasteiger partial charge is 0.349 e. The van der Waals surface area contributed by atoms with Crippen LogP contribution in [0.4, 0.5) is 5.13 Å². The number of hydrogen-bond donors (Lipinski definition) is 1. The van der Waals surface area contributed by atoms with Gasteiger partial charge in [-0.2, -0.15) is 4.98 Å². The molecule has 3 aromatic heterocycles. The Balaban J connectivity index is 1.50. The first-order valence-corrected chi connectivity index (χ1v) is 9.08. The second-order valence-corrected chi connectivity index (χ2v) is 6.99. The second-order valence-electron chi connectivity index (χ2n) is 6.13. The zero-order chi connectivity index (χ0) is 19.0. The van der Waals surface area contributed by atoms with Crippen LogP contribution in [0.1, 0.15) is 5.56 Å². The third-order valence-corrected chi connectivity index (χ3v) is 4.93. The van der Waals surface area contributed by atoms with Crippen LogP contribution in [0.2, 0.25) is 0 Å². The molecule has 0 atom stereocenters. The lowest BCUT2D eigenvalue weighted by Crippen LogP contribution is -2.21. The first kappa shape index (κ1) is 17.1. The Kier molecular flexibility index (Phi) is 4.28. The minimum atomic E-state index is -0.386. The van der Waals surface area contributed by atoms with Crippen molar-refractivity contribution in [1.82, 2.24) is 24.1 Å². The van der Waals surface area contributed by atoms with Gasteiger partial charge in [-0.15, -0.1) is 11.3 Å². The predicted molar refractivity (Wildman–Crippen MR) is 104 cm³/mol. The molecule has 0 aliphatic rings. The van der Waals surface area contributed by atoms with Crippen molar-refractivity contribution in [2.45, 2.75) is 13.5 Å². The van der Waals surface area contributed by atoms with Gasteiger partial charge in [0.05, 0.1) is 18.2 Å². The topological polar surface area (TPSA) is 94.7 Å². The highest BCUT2D eigenvalue weighted by Gasteiger charge is 2.12. The Morgan fingerprint density at radius 3 is 2.78 bits per heavy atom. The molecular weight excluding hydrogens is 364 g/mol. The number of imidazole rings is 1. The van der Waals surface area contributed by atoms with E-state index < -0.39 is 0 Å². The van der Waals surface area contributed by atoms with Crippen molar-refractivity contribution < 1.29 is 4.79 Å². The number of nitrogens with zero attached hydrogens (tertiary/aromatic N) is 5. The van der Waals surface area contributed by atoms with E-state index in [1.165, 1.54) is 34.0 Å². The molecule has 0 fully saturated rings. The zero-order valence-corrected chi connectivity index (χ0v) is 15.5. The third kappa shape index (κ3) is 3.36. The fourth-order valence-corrected chi connectivity index (χ4v) is 3.43. The molecule has 3 heterocycles. The van der Waals surface area contributed by atoms with Crippen molar-refractivity contribution in [3.05, 3.63) is 58.2 Å². The number of thiazole rings is 1. The van der Waals surface area contributed by atoms with Gasteiger partial charge in [-0.05, 0) is 6.92 Å². The molecule has 0 aliphatic heterocycles. The van der Waals surface area contributed by atoms with Crippen molar-refractivity contribution in [3.63, 3.8) is 0 Å². The molecule has 1 aromatic carbocycles. The normalized spacial score (nSPS) is 11.0. The molecule has 4 aromatic rings. The number of nitrogens with one attached hydrogen (secondary N) is 1. The Bertz CT molecular complexity index is 1190. The molecule has 9 heteroatoms. The number of rotatable bonds is 4. The van der Waals surface area contributed by atoms with Crippen LogP contribution in [0.5, 0.6) is 0 Å². The van der Waals surface area contributed by atoms with E-state index >= 15 is 0 Å². The Hall–Kier alpha value is -3.33. The van der Waals surface area contributed by atoms with Crippen molar-refractivity contribution in [2.24, 2.45) is 7.05 Å². The maximum absolute atomic E-state index is 12.4. The van der Waals surface area contributed by atoms with Gasteiger partial charge >= 0.3 is 5.69 Å². The fraction of sp³-hybridized carbons (Fsp3) is 0.167. The van der Waals surface area contributed by atoms with Crippen LogP contribution in [-0.2, 0) is 18.4 Å². The van der Waals surface area contributed by atoms with Gasteiger partial charge in [0.1, 0.15) is 12.1 Å². The molecule has 27 heavy (non-hydrogen) atoms. The highest BCUT2D eigenvalue weighted by molar-refractivity contribution is 7.14. The minimum Gasteiger partial charge on any atom is -0.318 e. The first-order valence-electron chi connectivity index (χ1n) is 8.20. The molecule has 0 bridgehead atoms. The third-order valence-electron chi connectivity index (χ3n) is 4.17. The summed E-state index contributed by atoms with van der Waals surface area (Å²) in [4.78, 5) is 36.4. The SMILES string of the molecule is Cc1ccc(-c2csc(NC(=O)Cn3cnc4c3cnc(=O)n4C)n2)cc1. The summed E-state index contributed by atoms with van der Waals surface area (Å²) in [6.45, 7) is 2.08. The molecule has 0 saturated heterocycles. The van der Waals surface area contributed by atoms with Crippen LogP contribution in [0.15, 0.2) is 47.0 Å². The van der Waals surface area contributed by atoms with Gasteiger partial charge in [-0.3, -0.25) is 9.36 Å². The highest BCUT2D eigenvalue weighted by atomic mass is 32.1. The molecule has 8 nitrogen and oxygen atoms in total. The van der Waals surface area contributed by atoms with Gasteiger partial charge in [0.15, 0.2) is 10.8 Å². The molecule has 0 saturated carbocycles. The lowest BCUT2D eigenvalue weighted by atomic mass is 10.1. The number of amides is 1. The van der Waals surface area contributed by atoms with E-state index in [1.54, 1.807) is 11.6 Å². The van der Waals surface area contributed by atoms with Crippen LogP contribution >= 0.6 is 11.3 Å². The lowest BCUT2D eigenvalue weighted by molar-refractivity contribution is -0.116. The molecule has 0 radical (unpaired) electrons. The number of aromatic nitrogens is 5. The number of benzene rings is 1. The smallest absolute Gasteiger partial charge is 0.318 e. The average Bonchev–Trinajstić information content (AvgIpc) is 3.26. The molecular formula is C18H16N6O2S. The van der Waals surface area contributed by atoms with Crippen LogP contribution in [-0.4, -0.2) is 30.0 Å². The zero-order valence-electron chi connectivity index (χ0n) is 14.7. The van der Waals surface area contributed by atoms with E-state index in [4.69, 9.17) is 0 Å². The first-order chi connectivity index (χ1) is 13.0. The average molecular weight is 380 g/mol. The Morgan fingerprint density at radius 1 is 1.22 bits per heavy atom. The summed E-state index contributed by atoms with van der Waals surface area (Å²) >= 11 is 1.37. The number of hydrogen-bond acceptors (Lipinski definition) is 6. The number of carbonyl (C=O) groups is 1. The maximum atomic E-state index is 12.4. The summed E-state index contributed by atoms with van der Waals surface area (Å²) in [5.74, 6) is -0.229. The van der Waals surface area contributed by atoms with E-state index in [1.807, 2.05) is 36.6 Å². The van der Waals surface area contributed by atoms with Gasteiger partial charge in [0, 0.05) is 18.0 Å². The van der Waals surface area contributed by atoms with Crippen LogP contribution < -0.4 is 11.0 Å². The second kappa shape index (κ2) is 6.76. The van der Waals surface area contributed by atoms with Gasteiger partial charge in [0.25, 0.3) is 0 Å². The number of aryl methyl sites for hydroxylation is 2.